The van der Waals surface area contributed by atoms with Gasteiger partial charge in [-0.1, -0.05) is 42.5 Å². The fourth-order valence-electron chi connectivity index (χ4n) is 3.42. The second-order valence-corrected chi connectivity index (χ2v) is 6.72. The minimum atomic E-state index is -4.69. The highest BCUT2D eigenvalue weighted by atomic mass is 19.4. The van der Waals surface area contributed by atoms with Gasteiger partial charge in [0, 0.05) is 32.7 Å². The van der Waals surface area contributed by atoms with Crippen molar-refractivity contribution in [2.24, 2.45) is 5.73 Å². The first-order valence-electron chi connectivity index (χ1n) is 8.97. The van der Waals surface area contributed by atoms with E-state index in [2.05, 4.69) is 14.5 Å². The van der Waals surface area contributed by atoms with Crippen LogP contribution in [0.5, 0.6) is 5.75 Å². The first-order valence-corrected chi connectivity index (χ1v) is 8.97. The maximum atomic E-state index is 12.2. The molecule has 2 N–H and O–H groups in total. The maximum Gasteiger partial charge on any atom is 0.573 e. The molecule has 2 aromatic rings. The molecule has 1 aliphatic rings. The monoisotopic (exact) mass is 393 g/mol. The second-order valence-electron chi connectivity index (χ2n) is 6.72. The largest absolute Gasteiger partial charge is 0.573 e. The SMILES string of the molecule is NC(=O)[C@@H](c1ccccc1)N1CCN(Cc2ccc(OC(F)(F)F)cc2)CC1. The Labute approximate surface area is 161 Å². The molecule has 150 valence electrons. The molecule has 1 aliphatic heterocycles. The lowest BCUT2D eigenvalue weighted by atomic mass is 10.0. The van der Waals surface area contributed by atoms with Gasteiger partial charge in [-0.3, -0.25) is 14.6 Å². The van der Waals surface area contributed by atoms with Crippen molar-refractivity contribution >= 4 is 5.91 Å². The van der Waals surface area contributed by atoms with Crippen molar-refractivity contribution in [2.75, 3.05) is 26.2 Å². The molecular weight excluding hydrogens is 371 g/mol. The molecule has 1 atom stereocenters. The van der Waals surface area contributed by atoms with Crippen molar-refractivity contribution in [3.05, 3.63) is 65.7 Å². The Hall–Kier alpha value is -2.58. The van der Waals surface area contributed by atoms with Gasteiger partial charge in [0.2, 0.25) is 5.91 Å². The summed E-state index contributed by atoms with van der Waals surface area (Å²) in [5.41, 5.74) is 7.41. The molecule has 1 fully saturated rings. The number of hydrogen-bond donors (Lipinski definition) is 1. The van der Waals surface area contributed by atoms with E-state index in [4.69, 9.17) is 5.73 Å². The fraction of sp³-hybridized carbons (Fsp3) is 0.350. The first kappa shape index (κ1) is 20.2. The van der Waals surface area contributed by atoms with Crippen molar-refractivity contribution in [3.63, 3.8) is 0 Å². The highest BCUT2D eigenvalue weighted by molar-refractivity contribution is 5.81. The van der Waals surface area contributed by atoms with Crippen molar-refractivity contribution in [3.8, 4) is 5.75 Å². The van der Waals surface area contributed by atoms with E-state index in [-0.39, 0.29) is 11.7 Å². The highest BCUT2D eigenvalue weighted by Crippen LogP contribution is 2.24. The van der Waals surface area contributed by atoms with Crippen LogP contribution >= 0.6 is 0 Å². The third-order valence-electron chi connectivity index (χ3n) is 4.72. The number of nitrogens with two attached hydrogens (primary N) is 1. The van der Waals surface area contributed by atoms with Gasteiger partial charge >= 0.3 is 6.36 Å². The standard InChI is InChI=1S/C20H22F3N3O2/c21-20(22,23)28-17-8-6-15(7-9-17)14-25-10-12-26(13-11-25)18(19(24)27)16-4-2-1-3-5-16/h1-9,18H,10-14H2,(H2,24,27)/t18-/m1/s1. The third kappa shape index (κ3) is 5.46. The van der Waals surface area contributed by atoms with E-state index in [1.165, 1.54) is 12.1 Å². The number of piperazine rings is 1. The lowest BCUT2D eigenvalue weighted by molar-refractivity contribution is -0.274. The van der Waals surface area contributed by atoms with Crippen LogP contribution in [0, 0.1) is 0 Å². The van der Waals surface area contributed by atoms with Gasteiger partial charge in [0.1, 0.15) is 11.8 Å². The van der Waals surface area contributed by atoms with Crippen LogP contribution in [0.15, 0.2) is 54.6 Å². The Bertz CT molecular complexity index is 774. The number of alkyl halides is 3. The number of ether oxygens (including phenoxy) is 1. The molecule has 2 aromatic carbocycles. The molecule has 8 heteroatoms. The average molecular weight is 393 g/mol. The van der Waals surface area contributed by atoms with Crippen molar-refractivity contribution in [2.45, 2.75) is 18.9 Å². The van der Waals surface area contributed by atoms with Gasteiger partial charge in [-0.15, -0.1) is 13.2 Å². The molecule has 1 amide bonds. The number of hydrogen-bond acceptors (Lipinski definition) is 4. The van der Waals surface area contributed by atoms with Gasteiger partial charge in [-0.25, -0.2) is 0 Å². The van der Waals surface area contributed by atoms with Gasteiger partial charge in [0.05, 0.1) is 0 Å². The van der Waals surface area contributed by atoms with Crippen LogP contribution in [0.2, 0.25) is 0 Å². The number of rotatable bonds is 6. The summed E-state index contributed by atoms with van der Waals surface area (Å²) in [6.07, 6.45) is -4.69. The average Bonchev–Trinajstić information content (AvgIpc) is 2.64. The van der Waals surface area contributed by atoms with E-state index >= 15 is 0 Å². The minimum Gasteiger partial charge on any atom is -0.406 e. The summed E-state index contributed by atoms with van der Waals surface area (Å²) in [5.74, 6) is -0.604. The number of benzene rings is 2. The minimum absolute atomic E-state index is 0.228. The van der Waals surface area contributed by atoms with Crippen LogP contribution in [-0.2, 0) is 11.3 Å². The molecule has 0 unspecified atom stereocenters. The number of halogens is 3. The molecular formula is C20H22F3N3O2. The summed E-state index contributed by atoms with van der Waals surface area (Å²) in [7, 11) is 0. The smallest absolute Gasteiger partial charge is 0.406 e. The summed E-state index contributed by atoms with van der Waals surface area (Å²) < 4.78 is 40.6. The van der Waals surface area contributed by atoms with E-state index in [1.807, 2.05) is 30.3 Å². The number of nitrogens with zero attached hydrogens (tertiary/aromatic N) is 2. The maximum absolute atomic E-state index is 12.2. The topological polar surface area (TPSA) is 58.8 Å². The lowest BCUT2D eigenvalue weighted by Gasteiger charge is -2.38. The zero-order chi connectivity index (χ0) is 20.1. The van der Waals surface area contributed by atoms with Gasteiger partial charge in [0.15, 0.2) is 0 Å². The lowest BCUT2D eigenvalue weighted by Crippen LogP contribution is -2.49. The highest BCUT2D eigenvalue weighted by Gasteiger charge is 2.31. The van der Waals surface area contributed by atoms with E-state index in [0.29, 0.717) is 19.6 Å². The second kappa shape index (κ2) is 8.62. The number of amides is 1. The third-order valence-corrected chi connectivity index (χ3v) is 4.72. The van der Waals surface area contributed by atoms with Gasteiger partial charge < -0.3 is 10.5 Å². The van der Waals surface area contributed by atoms with E-state index in [1.54, 1.807) is 12.1 Å². The zero-order valence-corrected chi connectivity index (χ0v) is 15.2. The Morgan fingerprint density at radius 2 is 1.61 bits per heavy atom. The van der Waals surface area contributed by atoms with Crippen molar-refractivity contribution < 1.29 is 22.7 Å². The van der Waals surface area contributed by atoms with Gasteiger partial charge in [0.25, 0.3) is 0 Å². The van der Waals surface area contributed by atoms with E-state index in [9.17, 15) is 18.0 Å². The molecule has 28 heavy (non-hydrogen) atoms. The molecule has 0 aromatic heterocycles. The van der Waals surface area contributed by atoms with Gasteiger partial charge in [-0.05, 0) is 23.3 Å². The molecule has 1 saturated heterocycles. The Kier molecular flexibility index (Phi) is 6.21. The van der Waals surface area contributed by atoms with Crippen LogP contribution < -0.4 is 10.5 Å². The van der Waals surface area contributed by atoms with Crippen molar-refractivity contribution in [1.29, 1.82) is 0 Å². The zero-order valence-electron chi connectivity index (χ0n) is 15.2. The van der Waals surface area contributed by atoms with E-state index < -0.39 is 12.4 Å². The molecule has 5 nitrogen and oxygen atoms in total. The predicted molar refractivity (Wildman–Crippen MR) is 98.4 cm³/mol. The predicted octanol–water partition coefficient (Wildman–Crippen LogP) is 2.93. The number of carbonyl (C=O) groups is 1. The van der Waals surface area contributed by atoms with Crippen LogP contribution in [0.4, 0.5) is 13.2 Å². The quantitative estimate of drug-likeness (QED) is 0.820. The Morgan fingerprint density at radius 1 is 1.00 bits per heavy atom. The van der Waals surface area contributed by atoms with Gasteiger partial charge in [-0.2, -0.15) is 0 Å². The molecule has 0 bridgehead atoms. The summed E-state index contributed by atoms with van der Waals surface area (Å²) in [5, 5.41) is 0. The summed E-state index contributed by atoms with van der Waals surface area (Å²) in [6, 6.07) is 14.9. The van der Waals surface area contributed by atoms with E-state index in [0.717, 1.165) is 24.2 Å². The Morgan fingerprint density at radius 3 is 2.14 bits per heavy atom. The van der Waals surface area contributed by atoms with Crippen LogP contribution in [-0.4, -0.2) is 48.2 Å². The molecule has 0 saturated carbocycles. The first-order chi connectivity index (χ1) is 13.3. The summed E-state index contributed by atoms with van der Waals surface area (Å²) in [6.45, 7) is 3.44. The Balaban J connectivity index is 1.56. The van der Waals surface area contributed by atoms with Crippen LogP contribution in [0.3, 0.4) is 0 Å². The summed E-state index contributed by atoms with van der Waals surface area (Å²) >= 11 is 0. The summed E-state index contributed by atoms with van der Waals surface area (Å²) in [4.78, 5) is 16.2. The molecule has 1 heterocycles. The molecule has 0 radical (unpaired) electrons. The van der Waals surface area contributed by atoms with Crippen molar-refractivity contribution in [1.82, 2.24) is 9.80 Å². The fourth-order valence-corrected chi connectivity index (χ4v) is 3.42. The number of carbonyl (C=O) groups excluding carboxylic acids is 1. The molecule has 0 spiro atoms. The number of primary amides is 1. The molecule has 0 aliphatic carbocycles. The van der Waals surface area contributed by atoms with Crippen LogP contribution in [0.25, 0.3) is 0 Å². The van der Waals surface area contributed by atoms with Crippen LogP contribution in [0.1, 0.15) is 17.2 Å². The normalized spacial score (nSPS) is 17.2. The molecule has 3 rings (SSSR count).